The molecule has 2 aliphatic rings. The van der Waals surface area contributed by atoms with Gasteiger partial charge in [0.2, 0.25) is 11.8 Å². The Morgan fingerprint density at radius 2 is 2.29 bits per heavy atom. The summed E-state index contributed by atoms with van der Waals surface area (Å²) in [7, 11) is 0. The second kappa shape index (κ2) is 9.38. The first-order chi connectivity index (χ1) is 13.4. The van der Waals surface area contributed by atoms with Crippen molar-refractivity contribution < 1.29 is 14.0 Å². The van der Waals surface area contributed by atoms with Crippen molar-refractivity contribution in [3.8, 4) is 0 Å². The molecule has 0 saturated carbocycles. The van der Waals surface area contributed by atoms with E-state index < -0.39 is 0 Å². The quantitative estimate of drug-likeness (QED) is 0.488. The number of thiocarbonyl (C=S) groups is 1. The van der Waals surface area contributed by atoms with Crippen LogP contribution in [0.1, 0.15) is 38.9 Å². The lowest BCUT2D eigenvalue weighted by Crippen LogP contribution is -2.58. The Balaban J connectivity index is 1.49. The molecule has 2 amide bonds. The molecule has 9 heteroatoms. The van der Waals surface area contributed by atoms with Crippen molar-refractivity contribution in [3.05, 3.63) is 24.2 Å². The van der Waals surface area contributed by atoms with Crippen molar-refractivity contribution in [1.82, 2.24) is 26.2 Å². The van der Waals surface area contributed by atoms with Crippen LogP contribution in [-0.4, -0.2) is 59.1 Å². The van der Waals surface area contributed by atoms with Gasteiger partial charge in [0.25, 0.3) is 0 Å². The maximum atomic E-state index is 12.3. The lowest BCUT2D eigenvalue weighted by molar-refractivity contribution is -0.129. The Labute approximate surface area is 170 Å². The van der Waals surface area contributed by atoms with Gasteiger partial charge in [-0.1, -0.05) is 0 Å². The topological polar surface area (TPSA) is 98.6 Å². The zero-order chi connectivity index (χ0) is 20.1. The summed E-state index contributed by atoms with van der Waals surface area (Å²) < 4.78 is 5.29. The van der Waals surface area contributed by atoms with Crippen molar-refractivity contribution in [2.24, 2.45) is 0 Å². The number of fused-ring (bicyclic) bond motifs is 1. The van der Waals surface area contributed by atoms with Crippen LogP contribution < -0.4 is 21.3 Å². The van der Waals surface area contributed by atoms with Gasteiger partial charge in [-0.2, -0.15) is 0 Å². The highest BCUT2D eigenvalue weighted by molar-refractivity contribution is 7.80. The third kappa shape index (κ3) is 5.45. The van der Waals surface area contributed by atoms with Crippen LogP contribution in [0.4, 0.5) is 0 Å². The Morgan fingerprint density at radius 3 is 3.00 bits per heavy atom. The van der Waals surface area contributed by atoms with Crippen LogP contribution in [0.2, 0.25) is 0 Å². The summed E-state index contributed by atoms with van der Waals surface area (Å²) in [6, 6.07) is 3.95. The van der Waals surface area contributed by atoms with Gasteiger partial charge in [0.15, 0.2) is 5.11 Å². The molecule has 1 aromatic heterocycles. The molecule has 2 saturated heterocycles. The fourth-order valence-corrected chi connectivity index (χ4v) is 4.10. The number of furan rings is 1. The van der Waals surface area contributed by atoms with Gasteiger partial charge in [0.1, 0.15) is 5.76 Å². The van der Waals surface area contributed by atoms with E-state index in [0.29, 0.717) is 31.0 Å². The van der Waals surface area contributed by atoms with Gasteiger partial charge >= 0.3 is 0 Å². The minimum Gasteiger partial charge on any atom is -0.467 e. The van der Waals surface area contributed by atoms with Gasteiger partial charge in [-0.25, -0.2) is 0 Å². The van der Waals surface area contributed by atoms with Crippen molar-refractivity contribution in [2.75, 3.05) is 13.1 Å². The third-order valence-corrected chi connectivity index (χ3v) is 5.38. The number of amides is 2. The number of carbonyl (C=O) groups excluding carboxylic acids is 2. The molecule has 0 spiro atoms. The molecule has 4 N–H and O–H groups in total. The summed E-state index contributed by atoms with van der Waals surface area (Å²) in [6.45, 7) is 5.74. The van der Waals surface area contributed by atoms with Gasteiger partial charge in [-0.15, -0.1) is 0 Å². The van der Waals surface area contributed by atoms with E-state index in [4.69, 9.17) is 16.6 Å². The van der Waals surface area contributed by atoms with E-state index in [1.807, 2.05) is 26.0 Å². The van der Waals surface area contributed by atoms with Crippen molar-refractivity contribution in [2.45, 2.75) is 63.8 Å². The molecular formula is C19H29N5O3S. The molecule has 3 heterocycles. The Morgan fingerprint density at radius 1 is 1.46 bits per heavy atom. The summed E-state index contributed by atoms with van der Waals surface area (Å²) in [5.41, 5.74) is 0. The number of hydrogen-bond acceptors (Lipinski definition) is 5. The molecule has 154 valence electrons. The molecule has 3 unspecified atom stereocenters. The Kier molecular flexibility index (Phi) is 6.90. The largest absolute Gasteiger partial charge is 0.467 e. The monoisotopic (exact) mass is 407 g/mol. The number of nitrogens with zero attached hydrogens (tertiary/aromatic N) is 1. The van der Waals surface area contributed by atoms with Gasteiger partial charge in [0, 0.05) is 37.6 Å². The molecule has 28 heavy (non-hydrogen) atoms. The molecule has 8 nitrogen and oxygen atoms in total. The fourth-order valence-electron chi connectivity index (χ4n) is 3.86. The highest BCUT2D eigenvalue weighted by atomic mass is 32.1. The molecule has 0 bridgehead atoms. The highest BCUT2D eigenvalue weighted by Crippen LogP contribution is 2.25. The zero-order valence-electron chi connectivity index (χ0n) is 16.4. The van der Waals surface area contributed by atoms with Crippen LogP contribution in [0.3, 0.4) is 0 Å². The van der Waals surface area contributed by atoms with E-state index in [2.05, 4.69) is 26.2 Å². The minimum absolute atomic E-state index is 0.0561. The van der Waals surface area contributed by atoms with E-state index in [1.54, 1.807) is 6.26 Å². The van der Waals surface area contributed by atoms with Gasteiger partial charge in [-0.05, 0) is 51.0 Å². The van der Waals surface area contributed by atoms with Gasteiger partial charge in [-0.3, -0.25) is 14.5 Å². The van der Waals surface area contributed by atoms with Crippen LogP contribution in [0.5, 0.6) is 0 Å². The average molecular weight is 408 g/mol. The fraction of sp³-hybridized carbons (Fsp3) is 0.632. The van der Waals surface area contributed by atoms with Crippen LogP contribution in [0, 0.1) is 0 Å². The second-order valence-electron chi connectivity index (χ2n) is 7.71. The van der Waals surface area contributed by atoms with Crippen LogP contribution in [0.25, 0.3) is 0 Å². The van der Waals surface area contributed by atoms with Crippen LogP contribution in [0.15, 0.2) is 22.8 Å². The van der Waals surface area contributed by atoms with E-state index in [0.717, 1.165) is 18.7 Å². The highest BCUT2D eigenvalue weighted by Gasteiger charge is 2.43. The number of piperazine rings is 1. The first-order valence-electron chi connectivity index (χ1n) is 9.82. The van der Waals surface area contributed by atoms with Gasteiger partial charge in [0.05, 0.1) is 18.8 Å². The van der Waals surface area contributed by atoms with Crippen LogP contribution in [-0.2, 0) is 16.1 Å². The number of hydrogen-bond donors (Lipinski definition) is 4. The SMILES string of the molecule is CC(C)NC(=O)CCC1CNC(=O)C2CC(NC(=S)NCc3ccco3)CN12. The second-order valence-corrected chi connectivity index (χ2v) is 8.12. The molecule has 3 rings (SSSR count). The Hall–Kier alpha value is -2.13. The molecule has 1 aromatic rings. The summed E-state index contributed by atoms with van der Waals surface area (Å²) in [5.74, 6) is 0.925. The lowest BCUT2D eigenvalue weighted by atomic mass is 10.0. The molecule has 0 aliphatic carbocycles. The van der Waals surface area contributed by atoms with Crippen molar-refractivity contribution in [1.29, 1.82) is 0 Å². The van der Waals surface area contributed by atoms with Crippen molar-refractivity contribution >= 4 is 29.1 Å². The summed E-state index contributed by atoms with van der Waals surface area (Å²) >= 11 is 5.38. The average Bonchev–Trinajstić information content (AvgIpc) is 3.29. The number of nitrogens with one attached hydrogen (secondary N) is 4. The molecule has 0 radical (unpaired) electrons. The summed E-state index contributed by atoms with van der Waals surface area (Å²) in [4.78, 5) is 26.5. The molecule has 2 fully saturated rings. The molecule has 2 aliphatic heterocycles. The minimum atomic E-state index is -0.169. The van der Waals surface area contributed by atoms with E-state index >= 15 is 0 Å². The van der Waals surface area contributed by atoms with E-state index in [1.165, 1.54) is 0 Å². The smallest absolute Gasteiger partial charge is 0.237 e. The third-order valence-electron chi connectivity index (χ3n) is 5.12. The normalized spacial score (nSPS) is 24.5. The zero-order valence-corrected chi connectivity index (χ0v) is 17.2. The maximum Gasteiger partial charge on any atom is 0.237 e. The molecular weight excluding hydrogens is 378 g/mol. The Bertz CT molecular complexity index is 694. The van der Waals surface area contributed by atoms with Crippen molar-refractivity contribution in [3.63, 3.8) is 0 Å². The predicted molar refractivity (Wildman–Crippen MR) is 109 cm³/mol. The van der Waals surface area contributed by atoms with E-state index in [9.17, 15) is 9.59 Å². The number of carbonyl (C=O) groups is 2. The molecule has 0 aromatic carbocycles. The van der Waals surface area contributed by atoms with E-state index in [-0.39, 0.29) is 36.0 Å². The standard InChI is InChI=1S/C19H29N5O3S/c1-12(2)22-17(25)6-5-14-9-20-18(26)16-8-13(11-24(14)16)23-19(28)21-10-15-4-3-7-27-15/h3-4,7,12-14,16H,5-6,8-11H2,1-2H3,(H,20,26)(H,22,25)(H2,21,23,28). The molecule has 3 atom stereocenters. The summed E-state index contributed by atoms with van der Waals surface area (Å²) in [5, 5.41) is 12.9. The lowest BCUT2D eigenvalue weighted by Gasteiger charge is -2.37. The van der Waals surface area contributed by atoms with Crippen LogP contribution >= 0.6 is 12.2 Å². The first-order valence-corrected chi connectivity index (χ1v) is 10.2. The first kappa shape index (κ1) is 20.6. The number of rotatable bonds is 7. The predicted octanol–water partition coefficient (Wildman–Crippen LogP) is 0.490. The maximum absolute atomic E-state index is 12.3. The van der Waals surface area contributed by atoms with Gasteiger partial charge < -0.3 is 25.7 Å². The summed E-state index contributed by atoms with van der Waals surface area (Å²) in [6.07, 6.45) is 3.51.